The van der Waals surface area contributed by atoms with Crippen LogP contribution in [-0.4, -0.2) is 81.7 Å². The molecule has 1 amide bonds. The summed E-state index contributed by atoms with van der Waals surface area (Å²) in [5.74, 6) is 1.45. The first-order chi connectivity index (χ1) is 14.5. The minimum atomic E-state index is -0.0377. The van der Waals surface area contributed by atoms with Gasteiger partial charge in [0.25, 0.3) is 0 Å². The van der Waals surface area contributed by atoms with Gasteiger partial charge in [-0.1, -0.05) is 18.2 Å². The fourth-order valence-electron chi connectivity index (χ4n) is 3.35. The van der Waals surface area contributed by atoms with Crippen LogP contribution in [0.4, 0.5) is 0 Å². The maximum atomic E-state index is 12.0. The Morgan fingerprint density at radius 3 is 2.65 bits per heavy atom. The molecular formula is C22H34IN5O3. The highest BCUT2D eigenvalue weighted by Gasteiger charge is 2.12. The lowest BCUT2D eigenvalue weighted by atomic mass is 10.1. The van der Waals surface area contributed by atoms with Gasteiger partial charge in [-0.2, -0.15) is 0 Å². The molecule has 2 N–H and O–H groups in total. The molecule has 0 spiro atoms. The number of carbonyl (C=O) groups excluding carboxylic acids is 1. The number of nitrogens with zero attached hydrogens (tertiary/aromatic N) is 3. The number of nitrogens with one attached hydrogen (secondary N) is 2. The predicted octanol–water partition coefficient (Wildman–Crippen LogP) is 2.20. The Morgan fingerprint density at radius 2 is 1.94 bits per heavy atom. The molecule has 172 valence electrons. The Kier molecular flexibility index (Phi) is 10.6. The van der Waals surface area contributed by atoms with Crippen molar-refractivity contribution in [3.63, 3.8) is 0 Å². The molecule has 0 bridgehead atoms. The molecule has 1 aliphatic heterocycles. The third-order valence-corrected chi connectivity index (χ3v) is 5.28. The summed E-state index contributed by atoms with van der Waals surface area (Å²) in [4.78, 5) is 20.4. The molecule has 0 saturated carbocycles. The number of hydrogen-bond donors (Lipinski definition) is 2. The van der Waals surface area contributed by atoms with E-state index in [1.807, 2.05) is 18.2 Å². The van der Waals surface area contributed by atoms with Crippen LogP contribution < -0.4 is 10.6 Å². The molecule has 0 atom stereocenters. The quantitative estimate of drug-likeness (QED) is 0.230. The van der Waals surface area contributed by atoms with Gasteiger partial charge in [-0.05, 0) is 26.0 Å². The number of fused-ring (bicyclic) bond motifs is 1. The van der Waals surface area contributed by atoms with Crippen molar-refractivity contribution in [2.24, 2.45) is 4.99 Å². The van der Waals surface area contributed by atoms with Gasteiger partial charge in [-0.15, -0.1) is 24.0 Å². The lowest BCUT2D eigenvalue weighted by Crippen LogP contribution is -2.41. The van der Waals surface area contributed by atoms with Crippen LogP contribution in [-0.2, 0) is 16.1 Å². The number of halogens is 1. The van der Waals surface area contributed by atoms with E-state index in [4.69, 9.17) is 9.15 Å². The lowest BCUT2D eigenvalue weighted by Gasteiger charge is -2.26. The van der Waals surface area contributed by atoms with Crippen LogP contribution in [0.25, 0.3) is 11.0 Å². The SMILES string of the molecule is Cc1c(CNC(=NCC(=O)N(C)C)NCCCN2CCOCC2)oc2ccccc12.I. The van der Waals surface area contributed by atoms with Crippen molar-refractivity contribution < 1.29 is 13.9 Å². The predicted molar refractivity (Wildman–Crippen MR) is 134 cm³/mol. The maximum Gasteiger partial charge on any atom is 0.243 e. The largest absolute Gasteiger partial charge is 0.459 e. The molecule has 1 aromatic heterocycles. The molecule has 1 aliphatic rings. The molecule has 1 fully saturated rings. The van der Waals surface area contributed by atoms with Gasteiger partial charge in [0.1, 0.15) is 17.9 Å². The molecule has 0 unspecified atom stereocenters. The second kappa shape index (κ2) is 12.9. The first-order valence-electron chi connectivity index (χ1n) is 10.5. The number of furan rings is 1. The number of ether oxygens (including phenoxy) is 1. The Hall–Kier alpha value is -1.85. The number of guanidine groups is 1. The molecule has 2 aromatic rings. The summed E-state index contributed by atoms with van der Waals surface area (Å²) in [6, 6.07) is 8.02. The molecule has 8 nitrogen and oxygen atoms in total. The van der Waals surface area contributed by atoms with E-state index in [1.165, 1.54) is 0 Å². The Balaban J connectivity index is 0.00000341. The Morgan fingerprint density at radius 1 is 1.19 bits per heavy atom. The van der Waals surface area contributed by atoms with Gasteiger partial charge in [0.2, 0.25) is 5.91 Å². The third kappa shape index (κ3) is 7.65. The topological polar surface area (TPSA) is 82.3 Å². The van der Waals surface area contributed by atoms with Crippen LogP contribution in [0.3, 0.4) is 0 Å². The van der Waals surface area contributed by atoms with E-state index in [2.05, 4.69) is 33.5 Å². The minimum Gasteiger partial charge on any atom is -0.459 e. The van der Waals surface area contributed by atoms with E-state index < -0.39 is 0 Å². The molecular weight excluding hydrogens is 509 g/mol. The standard InChI is InChI=1S/C22H33N5O3.HI/c1-17-18-7-4-5-8-19(18)30-20(17)15-24-22(25-16-21(28)26(2)3)23-9-6-10-27-11-13-29-14-12-27;/h4-5,7-8H,6,9-16H2,1-3H3,(H2,23,24,25);1H. The van der Waals surface area contributed by atoms with Gasteiger partial charge < -0.3 is 24.7 Å². The zero-order valence-electron chi connectivity index (χ0n) is 18.6. The van der Waals surface area contributed by atoms with Crippen molar-refractivity contribution in [1.29, 1.82) is 0 Å². The summed E-state index contributed by atoms with van der Waals surface area (Å²) < 4.78 is 11.4. The minimum absolute atomic E-state index is 0. The van der Waals surface area contributed by atoms with Crippen molar-refractivity contribution >= 4 is 46.8 Å². The van der Waals surface area contributed by atoms with E-state index in [-0.39, 0.29) is 36.4 Å². The number of carbonyl (C=O) groups is 1. The average Bonchev–Trinajstić information content (AvgIpc) is 3.08. The number of hydrogen-bond acceptors (Lipinski definition) is 5. The number of aryl methyl sites for hydroxylation is 1. The highest BCUT2D eigenvalue weighted by Crippen LogP contribution is 2.24. The van der Waals surface area contributed by atoms with Crippen LogP contribution in [0.5, 0.6) is 0 Å². The van der Waals surface area contributed by atoms with E-state index >= 15 is 0 Å². The summed E-state index contributed by atoms with van der Waals surface area (Å²) in [5, 5.41) is 7.78. The Labute approximate surface area is 201 Å². The highest BCUT2D eigenvalue weighted by molar-refractivity contribution is 14.0. The first-order valence-corrected chi connectivity index (χ1v) is 10.5. The number of para-hydroxylation sites is 1. The summed E-state index contributed by atoms with van der Waals surface area (Å²) in [5.41, 5.74) is 2.00. The van der Waals surface area contributed by atoms with Gasteiger partial charge >= 0.3 is 0 Å². The van der Waals surface area contributed by atoms with Gasteiger partial charge in [0.15, 0.2) is 5.96 Å². The number of likely N-dealkylation sites (N-methyl/N-ethyl adjacent to an activating group) is 1. The third-order valence-electron chi connectivity index (χ3n) is 5.28. The van der Waals surface area contributed by atoms with Gasteiger partial charge in [-0.3, -0.25) is 9.69 Å². The Bertz CT molecular complexity index is 862. The summed E-state index contributed by atoms with van der Waals surface area (Å²) in [7, 11) is 3.47. The van der Waals surface area contributed by atoms with Gasteiger partial charge in [0.05, 0.1) is 19.8 Å². The zero-order valence-corrected chi connectivity index (χ0v) is 21.0. The van der Waals surface area contributed by atoms with Crippen molar-refractivity contribution in [2.45, 2.75) is 19.9 Å². The van der Waals surface area contributed by atoms with Crippen molar-refractivity contribution in [1.82, 2.24) is 20.4 Å². The zero-order chi connectivity index (χ0) is 21.3. The van der Waals surface area contributed by atoms with E-state index in [0.717, 1.165) is 68.1 Å². The maximum absolute atomic E-state index is 12.0. The van der Waals surface area contributed by atoms with Crippen LogP contribution in [0, 0.1) is 6.92 Å². The molecule has 2 heterocycles. The lowest BCUT2D eigenvalue weighted by molar-refractivity contribution is -0.127. The molecule has 3 rings (SSSR count). The summed E-state index contributed by atoms with van der Waals surface area (Å²) in [6.07, 6.45) is 0.992. The molecule has 1 saturated heterocycles. The first kappa shape index (κ1) is 25.4. The van der Waals surface area contributed by atoms with Crippen molar-refractivity contribution in [3.8, 4) is 0 Å². The molecule has 0 aliphatic carbocycles. The number of amides is 1. The number of morpholine rings is 1. The summed E-state index contributed by atoms with van der Waals surface area (Å²) in [6.45, 7) is 8.06. The van der Waals surface area contributed by atoms with E-state index in [9.17, 15) is 4.79 Å². The van der Waals surface area contributed by atoms with Crippen molar-refractivity contribution in [2.75, 3.05) is 60.0 Å². The van der Waals surface area contributed by atoms with Crippen LogP contribution in [0.2, 0.25) is 0 Å². The normalized spacial score (nSPS) is 14.9. The average molecular weight is 543 g/mol. The number of rotatable bonds is 8. The van der Waals surface area contributed by atoms with Crippen LogP contribution in [0.1, 0.15) is 17.7 Å². The smallest absolute Gasteiger partial charge is 0.243 e. The fraction of sp³-hybridized carbons (Fsp3) is 0.545. The molecule has 1 aromatic carbocycles. The van der Waals surface area contributed by atoms with Crippen LogP contribution in [0.15, 0.2) is 33.7 Å². The van der Waals surface area contributed by atoms with E-state index in [1.54, 1.807) is 19.0 Å². The second-order valence-corrected chi connectivity index (χ2v) is 7.69. The van der Waals surface area contributed by atoms with Gasteiger partial charge in [-0.25, -0.2) is 4.99 Å². The van der Waals surface area contributed by atoms with Crippen LogP contribution >= 0.6 is 24.0 Å². The molecule has 31 heavy (non-hydrogen) atoms. The monoisotopic (exact) mass is 543 g/mol. The molecule has 0 radical (unpaired) electrons. The van der Waals surface area contributed by atoms with E-state index in [0.29, 0.717) is 12.5 Å². The number of benzene rings is 1. The summed E-state index contributed by atoms with van der Waals surface area (Å²) >= 11 is 0. The van der Waals surface area contributed by atoms with Crippen molar-refractivity contribution in [3.05, 3.63) is 35.6 Å². The highest BCUT2D eigenvalue weighted by atomic mass is 127. The fourth-order valence-corrected chi connectivity index (χ4v) is 3.35. The second-order valence-electron chi connectivity index (χ2n) is 7.69. The number of aliphatic imine (C=N–C) groups is 1. The van der Waals surface area contributed by atoms with Gasteiger partial charge in [0, 0.05) is 44.7 Å². The molecule has 9 heteroatoms.